The van der Waals surface area contributed by atoms with E-state index in [4.69, 9.17) is 0 Å². The average molecular weight is 253 g/mol. The summed E-state index contributed by atoms with van der Waals surface area (Å²) in [6.45, 7) is 0.484. The van der Waals surface area contributed by atoms with Crippen molar-refractivity contribution in [2.75, 3.05) is 6.54 Å². The fourth-order valence-electron chi connectivity index (χ4n) is 3.27. The highest BCUT2D eigenvalue weighted by atomic mass is 16.2. The second-order valence-corrected chi connectivity index (χ2v) is 5.11. The monoisotopic (exact) mass is 253 g/mol. The summed E-state index contributed by atoms with van der Waals surface area (Å²) in [4.78, 5) is 33.0. The van der Waals surface area contributed by atoms with Gasteiger partial charge >= 0.3 is 0 Å². The SMILES string of the molecule is O=CN1C[C@@H]2C[C@H](C1=O)c1cc3nccnc3cc12. The fraction of sp³-hybridized carbons (Fsp3) is 0.286. The largest absolute Gasteiger partial charge is 0.284 e. The van der Waals surface area contributed by atoms with Crippen LogP contribution < -0.4 is 0 Å². The maximum absolute atomic E-state index is 12.2. The number of nitrogens with zero attached hydrogens (tertiary/aromatic N) is 3. The van der Waals surface area contributed by atoms with Crippen LogP contribution >= 0.6 is 0 Å². The third kappa shape index (κ3) is 1.35. The van der Waals surface area contributed by atoms with E-state index in [9.17, 15) is 9.59 Å². The van der Waals surface area contributed by atoms with Gasteiger partial charge in [0.15, 0.2) is 0 Å². The molecule has 2 aliphatic rings. The molecule has 0 N–H and O–H groups in total. The lowest BCUT2D eigenvalue weighted by molar-refractivity contribution is -0.141. The summed E-state index contributed by atoms with van der Waals surface area (Å²) in [5.74, 6) is -0.0343. The summed E-state index contributed by atoms with van der Waals surface area (Å²) in [6.07, 6.45) is 4.76. The van der Waals surface area contributed by atoms with Gasteiger partial charge in [-0.15, -0.1) is 0 Å². The van der Waals surface area contributed by atoms with Crippen molar-refractivity contribution in [2.24, 2.45) is 0 Å². The molecule has 2 heterocycles. The molecule has 2 bridgehead atoms. The second-order valence-electron chi connectivity index (χ2n) is 5.11. The number of hydrogen-bond acceptors (Lipinski definition) is 4. The molecule has 0 saturated carbocycles. The quantitative estimate of drug-likeness (QED) is 0.716. The number of piperidine rings is 1. The minimum absolute atomic E-state index is 0.0896. The summed E-state index contributed by atoms with van der Waals surface area (Å²) in [5.41, 5.74) is 3.82. The molecule has 1 aliphatic carbocycles. The van der Waals surface area contributed by atoms with Gasteiger partial charge in [0.05, 0.1) is 17.0 Å². The number of carbonyl (C=O) groups excluding carboxylic acids is 2. The molecule has 4 rings (SSSR count). The van der Waals surface area contributed by atoms with Crippen LogP contribution in [0.1, 0.15) is 29.4 Å². The molecule has 1 aromatic heterocycles. The van der Waals surface area contributed by atoms with Gasteiger partial charge < -0.3 is 0 Å². The van der Waals surface area contributed by atoms with Gasteiger partial charge in [0, 0.05) is 24.9 Å². The number of amides is 2. The summed E-state index contributed by atoms with van der Waals surface area (Å²) in [7, 11) is 0. The summed E-state index contributed by atoms with van der Waals surface area (Å²) in [6, 6.07) is 3.97. The zero-order valence-corrected chi connectivity index (χ0v) is 10.1. The smallest absolute Gasteiger partial charge is 0.236 e. The number of carbonyl (C=O) groups is 2. The van der Waals surface area contributed by atoms with Crippen LogP contribution in [-0.4, -0.2) is 33.7 Å². The van der Waals surface area contributed by atoms with E-state index in [0.29, 0.717) is 13.0 Å². The number of fused-ring (bicyclic) bond motifs is 6. The summed E-state index contributed by atoms with van der Waals surface area (Å²) < 4.78 is 0. The first-order valence-electron chi connectivity index (χ1n) is 6.28. The van der Waals surface area contributed by atoms with Crippen molar-refractivity contribution in [3.05, 3.63) is 35.7 Å². The molecular weight excluding hydrogens is 242 g/mol. The van der Waals surface area contributed by atoms with E-state index in [0.717, 1.165) is 28.6 Å². The highest BCUT2D eigenvalue weighted by molar-refractivity contribution is 5.95. The van der Waals surface area contributed by atoms with Crippen LogP contribution in [0.3, 0.4) is 0 Å². The zero-order valence-electron chi connectivity index (χ0n) is 10.1. The van der Waals surface area contributed by atoms with E-state index in [1.165, 1.54) is 4.90 Å². The van der Waals surface area contributed by atoms with Crippen molar-refractivity contribution < 1.29 is 9.59 Å². The molecule has 5 heteroatoms. The average Bonchev–Trinajstić information content (AvgIpc) is 2.75. The van der Waals surface area contributed by atoms with Crippen molar-refractivity contribution in [3.8, 4) is 0 Å². The third-order valence-electron chi connectivity index (χ3n) is 4.14. The molecule has 19 heavy (non-hydrogen) atoms. The lowest BCUT2D eigenvalue weighted by Crippen LogP contribution is -2.39. The van der Waals surface area contributed by atoms with Crippen LogP contribution in [0.2, 0.25) is 0 Å². The molecule has 0 spiro atoms. The molecule has 5 nitrogen and oxygen atoms in total. The minimum Gasteiger partial charge on any atom is -0.284 e. The molecule has 2 atom stereocenters. The second kappa shape index (κ2) is 3.60. The molecule has 2 amide bonds. The van der Waals surface area contributed by atoms with Crippen LogP contribution in [0, 0.1) is 0 Å². The van der Waals surface area contributed by atoms with Gasteiger partial charge in [0.1, 0.15) is 0 Å². The number of benzene rings is 1. The number of hydrogen-bond donors (Lipinski definition) is 0. The molecule has 1 aliphatic heterocycles. The first-order chi connectivity index (χ1) is 9.28. The van der Waals surface area contributed by atoms with Gasteiger partial charge in [-0.1, -0.05) is 0 Å². The van der Waals surface area contributed by atoms with Crippen LogP contribution in [-0.2, 0) is 9.59 Å². The Hall–Kier alpha value is -2.30. The predicted molar refractivity (Wildman–Crippen MR) is 67.4 cm³/mol. The van der Waals surface area contributed by atoms with Crippen molar-refractivity contribution >= 4 is 23.4 Å². The first-order valence-corrected chi connectivity index (χ1v) is 6.28. The van der Waals surface area contributed by atoms with Crippen molar-refractivity contribution in [2.45, 2.75) is 18.3 Å². The van der Waals surface area contributed by atoms with E-state index in [2.05, 4.69) is 9.97 Å². The first kappa shape index (κ1) is 10.6. The number of likely N-dealkylation sites (tertiary alicyclic amines) is 1. The maximum Gasteiger partial charge on any atom is 0.236 e. The molecule has 1 aromatic carbocycles. The van der Waals surface area contributed by atoms with Crippen LogP contribution in [0.15, 0.2) is 24.5 Å². The Morgan fingerprint density at radius 1 is 1.16 bits per heavy atom. The lowest BCUT2D eigenvalue weighted by Gasteiger charge is -2.26. The lowest BCUT2D eigenvalue weighted by atomic mass is 9.95. The third-order valence-corrected chi connectivity index (χ3v) is 4.14. The molecule has 0 radical (unpaired) electrons. The Morgan fingerprint density at radius 3 is 2.53 bits per heavy atom. The van der Waals surface area contributed by atoms with Gasteiger partial charge in [-0.25, -0.2) is 0 Å². The molecule has 94 valence electrons. The van der Waals surface area contributed by atoms with Crippen molar-refractivity contribution in [1.29, 1.82) is 0 Å². The number of rotatable bonds is 1. The van der Waals surface area contributed by atoms with Gasteiger partial charge in [-0.2, -0.15) is 0 Å². The molecular formula is C14H11N3O2. The summed E-state index contributed by atoms with van der Waals surface area (Å²) >= 11 is 0. The van der Waals surface area contributed by atoms with Gasteiger partial charge in [0.25, 0.3) is 0 Å². The Kier molecular flexibility index (Phi) is 2.01. The van der Waals surface area contributed by atoms with E-state index in [1.54, 1.807) is 12.4 Å². The number of imide groups is 1. The van der Waals surface area contributed by atoms with Crippen LogP contribution in [0.25, 0.3) is 11.0 Å². The fourth-order valence-corrected chi connectivity index (χ4v) is 3.27. The van der Waals surface area contributed by atoms with Gasteiger partial charge in [0.2, 0.25) is 12.3 Å². The van der Waals surface area contributed by atoms with E-state index >= 15 is 0 Å². The van der Waals surface area contributed by atoms with Crippen LogP contribution in [0.5, 0.6) is 0 Å². The van der Waals surface area contributed by atoms with Crippen molar-refractivity contribution in [1.82, 2.24) is 14.9 Å². The summed E-state index contributed by atoms with van der Waals surface area (Å²) in [5, 5.41) is 0. The van der Waals surface area contributed by atoms with Crippen molar-refractivity contribution in [3.63, 3.8) is 0 Å². The standard InChI is InChI=1S/C14H11N3O2/c18-7-17-6-8-3-11(14(17)19)10-5-13-12(4-9(8)10)15-1-2-16-13/h1-2,4-5,7-8,11H,3,6H2/t8-,11-/m0/s1. The molecule has 1 fully saturated rings. The Balaban J connectivity index is 1.94. The molecule has 2 aromatic rings. The highest BCUT2D eigenvalue weighted by Gasteiger charge is 2.43. The topological polar surface area (TPSA) is 63.2 Å². The van der Waals surface area contributed by atoms with Crippen LogP contribution in [0.4, 0.5) is 0 Å². The van der Waals surface area contributed by atoms with E-state index < -0.39 is 0 Å². The maximum atomic E-state index is 12.2. The number of aromatic nitrogens is 2. The highest BCUT2D eigenvalue weighted by Crippen LogP contribution is 2.47. The Morgan fingerprint density at radius 2 is 1.84 bits per heavy atom. The Labute approximate surface area is 109 Å². The molecule has 0 unspecified atom stereocenters. The van der Waals surface area contributed by atoms with E-state index in [-0.39, 0.29) is 17.7 Å². The minimum atomic E-state index is -0.189. The van der Waals surface area contributed by atoms with E-state index in [1.807, 2.05) is 12.1 Å². The zero-order chi connectivity index (χ0) is 13.0. The molecule has 1 saturated heterocycles. The normalized spacial score (nSPS) is 24.6. The Bertz CT molecular complexity index is 713. The van der Waals surface area contributed by atoms with Gasteiger partial charge in [-0.05, 0) is 29.7 Å². The predicted octanol–water partition coefficient (Wildman–Crippen LogP) is 1.20. The van der Waals surface area contributed by atoms with Gasteiger partial charge in [-0.3, -0.25) is 24.5 Å².